The first-order chi connectivity index (χ1) is 23.9. The van der Waals surface area contributed by atoms with Crippen LogP contribution in [0.4, 0.5) is 11.5 Å². The first kappa shape index (κ1) is 32.2. The number of fused-ring (bicyclic) bond motifs is 2. The van der Waals surface area contributed by atoms with Gasteiger partial charge in [-0.3, -0.25) is 19.4 Å². The molecular formula is C37H38Cl2N8O2. The van der Waals surface area contributed by atoms with E-state index in [-0.39, 0.29) is 24.1 Å². The highest BCUT2D eigenvalue weighted by Crippen LogP contribution is 2.42. The van der Waals surface area contributed by atoms with Crippen LogP contribution in [-0.2, 0) is 17.9 Å². The number of pyridine rings is 2. The zero-order valence-electron chi connectivity index (χ0n) is 27.0. The van der Waals surface area contributed by atoms with Crippen LogP contribution in [-0.4, -0.2) is 67.4 Å². The number of aromatic nitrogens is 4. The van der Waals surface area contributed by atoms with Crippen LogP contribution in [0, 0.1) is 0 Å². The van der Waals surface area contributed by atoms with Gasteiger partial charge in [0, 0.05) is 85.7 Å². The molecule has 6 heterocycles. The summed E-state index contributed by atoms with van der Waals surface area (Å²) in [4.78, 5) is 23.3. The highest BCUT2D eigenvalue weighted by Gasteiger charge is 2.27. The number of amides is 1. The van der Waals surface area contributed by atoms with Gasteiger partial charge in [0.1, 0.15) is 5.52 Å². The van der Waals surface area contributed by atoms with E-state index in [4.69, 9.17) is 33.3 Å². The lowest BCUT2D eigenvalue weighted by Gasteiger charge is -2.25. The second kappa shape index (κ2) is 13.7. The molecule has 10 nitrogen and oxygen atoms in total. The summed E-state index contributed by atoms with van der Waals surface area (Å²) in [7, 11) is 0. The monoisotopic (exact) mass is 696 g/mol. The van der Waals surface area contributed by atoms with Crippen molar-refractivity contribution in [2.24, 2.45) is 0 Å². The summed E-state index contributed by atoms with van der Waals surface area (Å²) in [6, 6.07) is 18.4. The van der Waals surface area contributed by atoms with Crippen LogP contribution >= 0.6 is 23.2 Å². The van der Waals surface area contributed by atoms with Gasteiger partial charge in [0.2, 0.25) is 5.91 Å². The van der Waals surface area contributed by atoms with Crippen molar-refractivity contribution in [2.45, 2.75) is 63.4 Å². The second-order valence-electron chi connectivity index (χ2n) is 13.3. The summed E-state index contributed by atoms with van der Waals surface area (Å²) in [5.74, 6) is 0.743. The predicted octanol–water partition coefficient (Wildman–Crippen LogP) is 6.48. The van der Waals surface area contributed by atoms with Gasteiger partial charge >= 0.3 is 0 Å². The van der Waals surface area contributed by atoms with Crippen LogP contribution < -0.4 is 16.0 Å². The Bertz CT molecular complexity index is 2030. The molecule has 2 fully saturated rings. The Kier molecular flexibility index (Phi) is 8.98. The number of halogens is 2. The third kappa shape index (κ3) is 6.63. The number of anilines is 2. The maximum Gasteiger partial charge on any atom is 0.220 e. The predicted molar refractivity (Wildman–Crippen MR) is 193 cm³/mol. The number of nitrogens with one attached hydrogen (secondary N) is 3. The summed E-state index contributed by atoms with van der Waals surface area (Å²) in [5, 5.41) is 27.1. The Morgan fingerprint density at radius 3 is 2.61 bits per heavy atom. The Hall–Kier alpha value is -4.06. The van der Waals surface area contributed by atoms with Gasteiger partial charge in [-0.15, -0.1) is 0 Å². The molecule has 3 atom stereocenters. The summed E-state index contributed by atoms with van der Waals surface area (Å²) < 4.78 is 2.08. The molecule has 0 spiro atoms. The number of benzene rings is 2. The third-order valence-corrected chi connectivity index (χ3v) is 10.7. The number of hydrogen-bond acceptors (Lipinski definition) is 8. The molecule has 8 rings (SSSR count). The van der Waals surface area contributed by atoms with Crippen molar-refractivity contribution in [3.05, 3.63) is 88.3 Å². The van der Waals surface area contributed by atoms with E-state index in [1.54, 1.807) is 6.20 Å². The maximum atomic E-state index is 11.7. The second-order valence-corrected chi connectivity index (χ2v) is 14.1. The first-order valence-corrected chi connectivity index (χ1v) is 17.7. The minimum Gasteiger partial charge on any atom is -0.392 e. The van der Waals surface area contributed by atoms with Crippen molar-refractivity contribution in [1.82, 2.24) is 35.3 Å². The number of rotatable bonds is 9. The number of hydrogen-bond donors (Lipinski definition) is 4. The molecule has 3 aliphatic heterocycles. The molecule has 49 heavy (non-hydrogen) atoms. The number of aryl methyl sites for hydroxylation is 1. The van der Waals surface area contributed by atoms with Crippen LogP contribution in [0.5, 0.6) is 0 Å². The molecule has 4 N–H and O–H groups in total. The van der Waals surface area contributed by atoms with Crippen molar-refractivity contribution < 1.29 is 9.90 Å². The molecule has 1 amide bonds. The number of nitrogens with zero attached hydrogens (tertiary/aromatic N) is 5. The van der Waals surface area contributed by atoms with E-state index in [0.717, 1.165) is 96.4 Å². The standard InChI is InChI=1S/C37H38Cl2N8O2/c38-34-26(4-1-6-28(34)31-17-32-29(8-3-14-47(32)45-31)41-19-24-9-10-33(49)43-24)27-5-2-7-30(35(27)39)44-37-36-23(11-13-40-37)16-22(18-42-36)20-46-15-12-25(48)21-46/h1-2,4-7,11,13,16-18,24-25,29,41,48H,3,8-10,12,14-15,19-21H2,(H,40,44)(H,43,49)/t24-,25+,29?/m0/s1. The Labute approximate surface area is 294 Å². The number of β-amino-alcohol motifs (C(OH)–C–C–N with tert-alkyl or cyclic N) is 1. The van der Waals surface area contributed by atoms with E-state index in [9.17, 15) is 9.90 Å². The minimum atomic E-state index is -0.253. The van der Waals surface area contributed by atoms with Crippen molar-refractivity contribution in [3.8, 4) is 22.4 Å². The average molecular weight is 698 g/mol. The number of likely N-dealkylation sites (tertiary alicyclic amines) is 1. The number of carbonyl (C=O) groups excluding carboxylic acids is 1. The van der Waals surface area contributed by atoms with E-state index in [2.05, 4.69) is 42.6 Å². The molecule has 0 aliphatic carbocycles. The maximum absolute atomic E-state index is 11.7. The summed E-state index contributed by atoms with van der Waals surface area (Å²) in [5.41, 5.74) is 6.95. The van der Waals surface area contributed by atoms with Crippen molar-refractivity contribution in [2.75, 3.05) is 25.0 Å². The Balaban J connectivity index is 1.04. The molecule has 252 valence electrons. The van der Waals surface area contributed by atoms with Gasteiger partial charge in [-0.25, -0.2) is 4.98 Å². The molecule has 0 saturated carbocycles. The highest BCUT2D eigenvalue weighted by molar-refractivity contribution is 6.39. The fourth-order valence-electron chi connectivity index (χ4n) is 7.34. The van der Waals surface area contributed by atoms with Crippen molar-refractivity contribution in [3.63, 3.8) is 0 Å². The summed E-state index contributed by atoms with van der Waals surface area (Å²) in [6.45, 7) is 3.92. The third-order valence-electron chi connectivity index (χ3n) is 9.85. The largest absolute Gasteiger partial charge is 0.392 e. The summed E-state index contributed by atoms with van der Waals surface area (Å²) in [6.07, 6.45) is 7.71. The molecule has 3 aliphatic rings. The molecule has 1 unspecified atom stereocenters. The number of carbonyl (C=O) groups is 1. The molecule has 5 aromatic rings. The molecular weight excluding hydrogens is 659 g/mol. The average Bonchev–Trinajstić information content (AvgIpc) is 3.84. The first-order valence-electron chi connectivity index (χ1n) is 17.0. The molecule has 0 bridgehead atoms. The van der Waals surface area contributed by atoms with E-state index in [1.165, 1.54) is 0 Å². The molecule has 2 saturated heterocycles. The number of aliphatic hydroxyl groups is 1. The van der Waals surface area contributed by atoms with Crippen molar-refractivity contribution in [1.29, 1.82) is 0 Å². The topological polar surface area (TPSA) is 120 Å². The van der Waals surface area contributed by atoms with Crippen LogP contribution in [0.2, 0.25) is 10.0 Å². The summed E-state index contributed by atoms with van der Waals surface area (Å²) >= 11 is 14.3. The fraction of sp³-hybridized carbons (Fsp3) is 0.351. The van der Waals surface area contributed by atoms with Gasteiger partial charge in [0.05, 0.1) is 33.2 Å². The Morgan fingerprint density at radius 1 is 0.959 bits per heavy atom. The van der Waals surface area contributed by atoms with Gasteiger partial charge < -0.3 is 21.1 Å². The lowest BCUT2D eigenvalue weighted by atomic mass is 9.99. The number of aliphatic hydroxyl groups excluding tert-OH is 1. The van der Waals surface area contributed by atoms with Crippen LogP contribution in [0.3, 0.4) is 0 Å². The zero-order valence-corrected chi connectivity index (χ0v) is 28.5. The quantitative estimate of drug-likeness (QED) is 0.138. The lowest BCUT2D eigenvalue weighted by molar-refractivity contribution is -0.119. The van der Waals surface area contributed by atoms with Gasteiger partial charge in [0.25, 0.3) is 0 Å². The van der Waals surface area contributed by atoms with E-state index < -0.39 is 0 Å². The van der Waals surface area contributed by atoms with Gasteiger partial charge in [0.15, 0.2) is 5.82 Å². The van der Waals surface area contributed by atoms with Gasteiger partial charge in [-0.2, -0.15) is 5.10 Å². The zero-order chi connectivity index (χ0) is 33.5. The normalized spacial score (nSPS) is 20.9. The van der Waals surface area contributed by atoms with Crippen LogP contribution in [0.25, 0.3) is 33.3 Å². The van der Waals surface area contributed by atoms with Gasteiger partial charge in [-0.1, -0.05) is 53.5 Å². The molecule has 3 aromatic heterocycles. The van der Waals surface area contributed by atoms with Gasteiger partial charge in [-0.05, 0) is 55.5 Å². The minimum absolute atomic E-state index is 0.131. The lowest BCUT2D eigenvalue weighted by Crippen LogP contribution is -2.38. The fourth-order valence-corrected chi connectivity index (χ4v) is 7.94. The molecule has 2 aromatic carbocycles. The molecule has 12 heteroatoms. The highest BCUT2D eigenvalue weighted by atomic mass is 35.5. The van der Waals surface area contributed by atoms with E-state index in [1.807, 2.05) is 48.7 Å². The van der Waals surface area contributed by atoms with E-state index >= 15 is 0 Å². The smallest absolute Gasteiger partial charge is 0.220 e. The Morgan fingerprint density at radius 2 is 1.80 bits per heavy atom. The van der Waals surface area contributed by atoms with Crippen LogP contribution in [0.15, 0.2) is 67.0 Å². The van der Waals surface area contributed by atoms with E-state index in [0.29, 0.717) is 34.5 Å². The van der Waals surface area contributed by atoms with Crippen molar-refractivity contribution >= 4 is 51.5 Å². The molecule has 0 radical (unpaired) electrons. The SMILES string of the molecule is O=C1CC[C@@H](CNC2CCCn3nc(-c4cccc(-c5cccc(Nc6nccc7cc(CN8CC[C@@H](O)C8)cnc67)c5Cl)c4Cl)cc32)N1. The van der Waals surface area contributed by atoms with Crippen LogP contribution in [0.1, 0.15) is 49.4 Å².